The average Bonchev–Trinajstić information content (AvgIpc) is 3.13. The number of ketones is 1. The van der Waals surface area contributed by atoms with Gasteiger partial charge in [-0.3, -0.25) is 4.79 Å². The molecule has 4 nitrogen and oxygen atoms in total. The highest BCUT2D eigenvalue weighted by molar-refractivity contribution is 7.11. The lowest BCUT2D eigenvalue weighted by atomic mass is 10.2. The maximum atomic E-state index is 11.8. The first-order chi connectivity index (χ1) is 12.1. The van der Waals surface area contributed by atoms with E-state index in [2.05, 4.69) is 4.98 Å². The van der Waals surface area contributed by atoms with Gasteiger partial charge in [0.2, 0.25) is 5.78 Å². The summed E-state index contributed by atoms with van der Waals surface area (Å²) in [4.78, 5) is 15.8. The fourth-order valence-corrected chi connectivity index (χ4v) is 3.20. The molecule has 0 radical (unpaired) electrons. The smallest absolute Gasteiger partial charge is 0.228 e. The van der Waals surface area contributed by atoms with Crippen LogP contribution in [0.25, 0.3) is 0 Å². The van der Waals surface area contributed by atoms with Crippen molar-refractivity contribution in [2.45, 2.75) is 6.61 Å². The van der Waals surface area contributed by atoms with Crippen molar-refractivity contribution in [3.8, 4) is 11.5 Å². The van der Waals surface area contributed by atoms with Gasteiger partial charge < -0.3 is 9.47 Å². The van der Waals surface area contributed by atoms with Crippen LogP contribution in [0.1, 0.15) is 15.4 Å². The number of carbonyl (C=O) groups excluding carboxylic acids is 1. The van der Waals surface area contributed by atoms with Crippen LogP contribution in [-0.4, -0.2) is 17.4 Å². The second-order valence-electron chi connectivity index (χ2n) is 5.09. The molecule has 1 heterocycles. The van der Waals surface area contributed by atoms with Crippen LogP contribution in [0.2, 0.25) is 10.0 Å². The van der Waals surface area contributed by atoms with Gasteiger partial charge in [0.1, 0.15) is 18.1 Å². The number of hydrogen-bond acceptors (Lipinski definition) is 5. The van der Waals surface area contributed by atoms with E-state index in [-0.39, 0.29) is 12.4 Å². The lowest BCUT2D eigenvalue weighted by molar-refractivity contribution is 0.0921. The van der Waals surface area contributed by atoms with Crippen molar-refractivity contribution >= 4 is 40.3 Å². The molecular formula is C18H13Cl2NO3S. The van der Waals surface area contributed by atoms with Gasteiger partial charge >= 0.3 is 0 Å². The topological polar surface area (TPSA) is 48.4 Å². The summed E-state index contributed by atoms with van der Waals surface area (Å²) in [5, 5.41) is 3.34. The minimum absolute atomic E-state index is 0.0469. The Morgan fingerprint density at radius 3 is 2.24 bits per heavy atom. The van der Waals surface area contributed by atoms with Crippen LogP contribution in [-0.2, 0) is 6.61 Å². The van der Waals surface area contributed by atoms with Crippen LogP contribution >= 0.6 is 34.5 Å². The van der Waals surface area contributed by atoms with Gasteiger partial charge in [-0.2, -0.15) is 0 Å². The number of halogens is 2. The highest BCUT2D eigenvalue weighted by atomic mass is 35.5. The molecule has 0 aliphatic rings. The molecule has 0 atom stereocenters. The van der Waals surface area contributed by atoms with Crippen LogP contribution in [0.3, 0.4) is 0 Å². The molecule has 0 amide bonds. The molecule has 3 aromatic rings. The van der Waals surface area contributed by atoms with E-state index in [0.717, 1.165) is 5.56 Å². The van der Waals surface area contributed by atoms with E-state index < -0.39 is 0 Å². The minimum Gasteiger partial charge on any atom is -0.489 e. The quantitative estimate of drug-likeness (QED) is 0.511. The molecule has 0 aliphatic heterocycles. The summed E-state index contributed by atoms with van der Waals surface area (Å²) >= 11 is 13.2. The molecule has 0 fully saturated rings. The zero-order chi connectivity index (χ0) is 17.6. The molecule has 0 N–H and O–H groups in total. The number of rotatable bonds is 7. The van der Waals surface area contributed by atoms with E-state index in [1.807, 2.05) is 0 Å². The third kappa shape index (κ3) is 5.19. The SMILES string of the molecule is O=C(COc1ccc(OCc2cc(Cl)cc(Cl)c2)cc1)c1nccs1. The summed E-state index contributed by atoms with van der Waals surface area (Å²) in [6.07, 6.45) is 1.59. The van der Waals surface area contributed by atoms with Gasteiger partial charge in [0.25, 0.3) is 0 Å². The highest BCUT2D eigenvalue weighted by Crippen LogP contribution is 2.22. The molecule has 7 heteroatoms. The zero-order valence-corrected chi connectivity index (χ0v) is 15.3. The average molecular weight is 394 g/mol. The van der Waals surface area contributed by atoms with Crippen molar-refractivity contribution in [1.82, 2.24) is 4.98 Å². The number of aromatic nitrogens is 1. The molecule has 0 aliphatic carbocycles. The summed E-state index contributed by atoms with van der Waals surface area (Å²) in [5.41, 5.74) is 0.881. The van der Waals surface area contributed by atoms with E-state index in [1.165, 1.54) is 11.3 Å². The van der Waals surface area contributed by atoms with E-state index in [1.54, 1.807) is 54.0 Å². The van der Waals surface area contributed by atoms with E-state index in [9.17, 15) is 4.79 Å². The fraction of sp³-hybridized carbons (Fsp3) is 0.111. The lowest BCUT2D eigenvalue weighted by Crippen LogP contribution is -2.11. The summed E-state index contributed by atoms with van der Waals surface area (Å²) in [6.45, 7) is 0.303. The van der Waals surface area contributed by atoms with Crippen molar-refractivity contribution in [3.05, 3.63) is 74.7 Å². The van der Waals surface area contributed by atoms with E-state index >= 15 is 0 Å². The summed E-state index contributed by atoms with van der Waals surface area (Å²) < 4.78 is 11.2. The first-order valence-electron chi connectivity index (χ1n) is 7.33. The monoisotopic (exact) mass is 393 g/mol. The van der Waals surface area contributed by atoms with Crippen LogP contribution in [0.5, 0.6) is 11.5 Å². The number of thiazole rings is 1. The second kappa shape index (κ2) is 8.34. The molecule has 3 rings (SSSR count). The Morgan fingerprint density at radius 2 is 1.64 bits per heavy atom. The van der Waals surface area contributed by atoms with Crippen molar-refractivity contribution in [3.63, 3.8) is 0 Å². The van der Waals surface area contributed by atoms with Gasteiger partial charge in [0.15, 0.2) is 11.6 Å². The molecule has 1 aromatic heterocycles. The Balaban J connectivity index is 1.52. The van der Waals surface area contributed by atoms with Gasteiger partial charge in [-0.25, -0.2) is 4.98 Å². The predicted molar refractivity (Wildman–Crippen MR) is 99.2 cm³/mol. The first-order valence-corrected chi connectivity index (χ1v) is 8.97. The summed E-state index contributed by atoms with van der Waals surface area (Å²) in [7, 11) is 0. The van der Waals surface area contributed by atoms with Crippen molar-refractivity contribution in [2.75, 3.05) is 6.61 Å². The molecule has 0 bridgehead atoms. The second-order valence-corrected chi connectivity index (χ2v) is 6.85. The minimum atomic E-state index is -0.145. The Labute approximate surface area is 158 Å². The number of nitrogens with zero attached hydrogens (tertiary/aromatic N) is 1. The van der Waals surface area contributed by atoms with Crippen molar-refractivity contribution < 1.29 is 14.3 Å². The zero-order valence-electron chi connectivity index (χ0n) is 12.9. The van der Waals surface area contributed by atoms with Crippen LogP contribution in [0.4, 0.5) is 0 Å². The lowest BCUT2D eigenvalue weighted by Gasteiger charge is -2.09. The first kappa shape index (κ1) is 17.7. The molecule has 128 valence electrons. The Morgan fingerprint density at radius 1 is 1.00 bits per heavy atom. The molecule has 0 saturated carbocycles. The largest absolute Gasteiger partial charge is 0.489 e. The van der Waals surface area contributed by atoms with Gasteiger partial charge in [0, 0.05) is 21.6 Å². The van der Waals surface area contributed by atoms with E-state index in [0.29, 0.717) is 33.2 Å². The Bertz CT molecular complexity index is 831. The summed E-state index contributed by atoms with van der Waals surface area (Å²) in [5.74, 6) is 1.12. The third-order valence-corrected chi connectivity index (χ3v) is 4.44. The highest BCUT2D eigenvalue weighted by Gasteiger charge is 2.09. The van der Waals surface area contributed by atoms with Crippen LogP contribution in [0.15, 0.2) is 54.0 Å². The standard InChI is InChI=1S/C18H13Cl2NO3S/c19-13-7-12(8-14(20)9-13)10-23-15-1-3-16(4-2-15)24-11-17(22)18-21-5-6-25-18/h1-9H,10-11H2. The molecule has 0 spiro atoms. The van der Waals surface area contributed by atoms with Crippen molar-refractivity contribution in [2.24, 2.45) is 0 Å². The van der Waals surface area contributed by atoms with Gasteiger partial charge in [0.05, 0.1) is 0 Å². The number of carbonyl (C=O) groups is 1. The third-order valence-electron chi connectivity index (χ3n) is 3.19. The molecule has 0 unspecified atom stereocenters. The molecule has 0 saturated heterocycles. The van der Waals surface area contributed by atoms with Crippen LogP contribution in [0, 0.1) is 0 Å². The number of ether oxygens (including phenoxy) is 2. The Hall–Kier alpha value is -2.08. The maximum Gasteiger partial charge on any atom is 0.228 e. The van der Waals surface area contributed by atoms with Crippen molar-refractivity contribution in [1.29, 1.82) is 0 Å². The number of benzene rings is 2. The molecular weight excluding hydrogens is 381 g/mol. The summed E-state index contributed by atoms with van der Waals surface area (Å²) in [6, 6.07) is 12.3. The van der Waals surface area contributed by atoms with Crippen LogP contribution < -0.4 is 9.47 Å². The van der Waals surface area contributed by atoms with Gasteiger partial charge in [-0.05, 0) is 48.0 Å². The van der Waals surface area contributed by atoms with Gasteiger partial charge in [-0.1, -0.05) is 23.2 Å². The molecule has 25 heavy (non-hydrogen) atoms. The fourth-order valence-electron chi connectivity index (χ4n) is 2.06. The van der Waals surface area contributed by atoms with Gasteiger partial charge in [-0.15, -0.1) is 11.3 Å². The molecule has 2 aromatic carbocycles. The van der Waals surface area contributed by atoms with E-state index in [4.69, 9.17) is 32.7 Å². The number of hydrogen-bond donors (Lipinski definition) is 0. The number of Topliss-reactive ketones (excluding diaryl/α,β-unsaturated/α-hetero) is 1. The maximum absolute atomic E-state index is 11.8. The Kier molecular flexibility index (Phi) is 5.91. The normalized spacial score (nSPS) is 10.5. The predicted octanol–water partition coefficient (Wildman–Crippen LogP) is 5.29.